The largest absolute Gasteiger partial charge is 0.287 e. The van der Waals surface area contributed by atoms with Gasteiger partial charge in [0.15, 0.2) is 0 Å². The van der Waals surface area contributed by atoms with Gasteiger partial charge in [0.2, 0.25) is 0 Å². The van der Waals surface area contributed by atoms with E-state index in [0.717, 1.165) is 5.71 Å². The third kappa shape index (κ3) is 2.50. The van der Waals surface area contributed by atoms with E-state index in [1.165, 1.54) is 5.56 Å². The average molecular weight is 161 g/mol. The van der Waals surface area contributed by atoms with Crippen molar-refractivity contribution in [1.29, 1.82) is 0 Å². The van der Waals surface area contributed by atoms with Crippen LogP contribution in [-0.2, 0) is 0 Å². The van der Waals surface area contributed by atoms with E-state index in [0.29, 0.717) is 6.04 Å². The molecule has 0 saturated carbocycles. The fourth-order valence-corrected chi connectivity index (χ4v) is 1.14. The van der Waals surface area contributed by atoms with Crippen molar-refractivity contribution in [1.82, 2.24) is 0 Å². The van der Waals surface area contributed by atoms with Gasteiger partial charge >= 0.3 is 0 Å². The van der Waals surface area contributed by atoms with Crippen LogP contribution in [0.15, 0.2) is 35.3 Å². The molecule has 0 aromatic heterocycles. The molecule has 1 rings (SSSR count). The molecule has 0 bridgehead atoms. The highest BCUT2D eigenvalue weighted by Crippen LogP contribution is 2.02. The van der Waals surface area contributed by atoms with Crippen molar-refractivity contribution >= 4 is 5.71 Å². The fourth-order valence-electron chi connectivity index (χ4n) is 1.14. The van der Waals surface area contributed by atoms with E-state index >= 15 is 0 Å². The molecule has 0 unspecified atom stereocenters. The van der Waals surface area contributed by atoms with Gasteiger partial charge in [0.05, 0.1) is 0 Å². The lowest BCUT2D eigenvalue weighted by Gasteiger charge is -2.02. The highest BCUT2D eigenvalue weighted by atomic mass is 14.8. The standard InChI is InChI=1S/C11H15N/c1-9(2)12-10(3)11-7-5-4-6-8-11/h4-9H,1-3H3. The summed E-state index contributed by atoms with van der Waals surface area (Å²) in [7, 11) is 0. The van der Waals surface area contributed by atoms with E-state index in [1.807, 2.05) is 18.2 Å². The number of aliphatic imine (C=N–C) groups is 1. The molecule has 0 spiro atoms. The van der Waals surface area contributed by atoms with Crippen LogP contribution in [0, 0.1) is 0 Å². The lowest BCUT2D eigenvalue weighted by atomic mass is 10.1. The number of benzene rings is 1. The highest BCUT2D eigenvalue weighted by molar-refractivity contribution is 5.98. The normalized spacial score (nSPS) is 12.2. The molecular formula is C11H15N. The molecule has 0 aliphatic heterocycles. The van der Waals surface area contributed by atoms with E-state index in [9.17, 15) is 0 Å². The van der Waals surface area contributed by atoms with E-state index in [1.54, 1.807) is 0 Å². The van der Waals surface area contributed by atoms with Crippen LogP contribution in [0.1, 0.15) is 26.3 Å². The van der Waals surface area contributed by atoms with Gasteiger partial charge in [0.25, 0.3) is 0 Å². The molecule has 0 N–H and O–H groups in total. The molecule has 0 radical (unpaired) electrons. The maximum atomic E-state index is 4.46. The van der Waals surface area contributed by atoms with E-state index in [4.69, 9.17) is 0 Å². The monoisotopic (exact) mass is 161 g/mol. The molecule has 0 aliphatic carbocycles. The summed E-state index contributed by atoms with van der Waals surface area (Å²) in [4.78, 5) is 4.46. The van der Waals surface area contributed by atoms with Crippen molar-refractivity contribution in [3.8, 4) is 0 Å². The highest BCUT2D eigenvalue weighted by Gasteiger charge is 1.95. The van der Waals surface area contributed by atoms with Crippen LogP contribution in [0.5, 0.6) is 0 Å². The summed E-state index contributed by atoms with van der Waals surface area (Å²) in [5, 5.41) is 0. The SMILES string of the molecule is CC(=NC(C)C)c1ccccc1. The molecule has 0 amide bonds. The summed E-state index contributed by atoms with van der Waals surface area (Å²) in [5.41, 5.74) is 2.33. The Morgan fingerprint density at radius 2 is 1.75 bits per heavy atom. The molecule has 1 nitrogen and oxygen atoms in total. The lowest BCUT2D eigenvalue weighted by molar-refractivity contribution is 0.835. The molecule has 12 heavy (non-hydrogen) atoms. The Kier molecular flexibility index (Phi) is 3.03. The Morgan fingerprint density at radius 3 is 2.25 bits per heavy atom. The second-order valence-electron chi connectivity index (χ2n) is 3.17. The summed E-state index contributed by atoms with van der Waals surface area (Å²) in [5.74, 6) is 0. The first-order valence-corrected chi connectivity index (χ1v) is 4.30. The zero-order chi connectivity index (χ0) is 8.97. The predicted octanol–water partition coefficient (Wildman–Crippen LogP) is 2.90. The molecule has 0 heterocycles. The third-order valence-corrected chi connectivity index (χ3v) is 1.64. The summed E-state index contributed by atoms with van der Waals surface area (Å²) in [6.45, 7) is 6.23. The molecule has 0 fully saturated rings. The number of rotatable bonds is 2. The first-order chi connectivity index (χ1) is 5.70. The second kappa shape index (κ2) is 4.05. The Labute approximate surface area is 74.2 Å². The Morgan fingerprint density at radius 1 is 1.17 bits per heavy atom. The smallest absolute Gasteiger partial charge is 0.0446 e. The molecule has 0 saturated heterocycles. The van der Waals surface area contributed by atoms with E-state index < -0.39 is 0 Å². The zero-order valence-electron chi connectivity index (χ0n) is 7.91. The van der Waals surface area contributed by atoms with Crippen molar-refractivity contribution in [3.63, 3.8) is 0 Å². The third-order valence-electron chi connectivity index (χ3n) is 1.64. The Bertz CT molecular complexity index is 260. The first kappa shape index (κ1) is 8.98. The summed E-state index contributed by atoms with van der Waals surface area (Å²) < 4.78 is 0. The topological polar surface area (TPSA) is 12.4 Å². The minimum atomic E-state index is 0.380. The van der Waals surface area contributed by atoms with Crippen LogP contribution in [0.4, 0.5) is 0 Å². The average Bonchev–Trinajstić information content (AvgIpc) is 2.05. The van der Waals surface area contributed by atoms with Crippen molar-refractivity contribution in [2.24, 2.45) is 4.99 Å². The number of nitrogens with zero attached hydrogens (tertiary/aromatic N) is 1. The van der Waals surface area contributed by atoms with Gasteiger partial charge in [0.1, 0.15) is 0 Å². The van der Waals surface area contributed by atoms with Gasteiger partial charge in [-0.2, -0.15) is 0 Å². The molecule has 1 aromatic rings. The first-order valence-electron chi connectivity index (χ1n) is 4.30. The predicted molar refractivity (Wildman–Crippen MR) is 53.8 cm³/mol. The van der Waals surface area contributed by atoms with Crippen molar-refractivity contribution in [3.05, 3.63) is 35.9 Å². The fraction of sp³-hybridized carbons (Fsp3) is 0.364. The minimum Gasteiger partial charge on any atom is -0.287 e. The van der Waals surface area contributed by atoms with Crippen LogP contribution in [0.25, 0.3) is 0 Å². The van der Waals surface area contributed by atoms with Gasteiger partial charge in [0, 0.05) is 11.8 Å². The molecular weight excluding hydrogens is 146 g/mol. The Balaban J connectivity index is 2.85. The molecule has 1 heteroatoms. The van der Waals surface area contributed by atoms with Crippen molar-refractivity contribution < 1.29 is 0 Å². The lowest BCUT2D eigenvalue weighted by Crippen LogP contribution is -1.99. The van der Waals surface area contributed by atoms with Crippen LogP contribution >= 0.6 is 0 Å². The van der Waals surface area contributed by atoms with Crippen LogP contribution < -0.4 is 0 Å². The van der Waals surface area contributed by atoms with Gasteiger partial charge in [-0.25, -0.2) is 0 Å². The van der Waals surface area contributed by atoms with Gasteiger partial charge in [-0.05, 0) is 26.3 Å². The summed E-state index contributed by atoms with van der Waals surface area (Å²) >= 11 is 0. The van der Waals surface area contributed by atoms with Crippen LogP contribution in [-0.4, -0.2) is 11.8 Å². The maximum Gasteiger partial charge on any atom is 0.0446 e. The summed E-state index contributed by atoms with van der Waals surface area (Å²) in [6, 6.07) is 10.6. The van der Waals surface area contributed by atoms with Gasteiger partial charge in [-0.15, -0.1) is 0 Å². The quantitative estimate of drug-likeness (QED) is 0.591. The summed E-state index contributed by atoms with van der Waals surface area (Å²) in [6.07, 6.45) is 0. The van der Waals surface area contributed by atoms with Gasteiger partial charge in [-0.3, -0.25) is 4.99 Å². The van der Waals surface area contributed by atoms with Crippen LogP contribution in [0.3, 0.4) is 0 Å². The van der Waals surface area contributed by atoms with E-state index in [2.05, 4.69) is 37.9 Å². The zero-order valence-corrected chi connectivity index (χ0v) is 7.91. The van der Waals surface area contributed by atoms with Crippen LogP contribution in [0.2, 0.25) is 0 Å². The number of hydrogen-bond acceptors (Lipinski definition) is 1. The molecule has 0 atom stereocenters. The molecule has 64 valence electrons. The van der Waals surface area contributed by atoms with Crippen molar-refractivity contribution in [2.75, 3.05) is 0 Å². The Hall–Kier alpha value is -1.11. The molecule has 0 aliphatic rings. The number of hydrogen-bond donors (Lipinski definition) is 0. The van der Waals surface area contributed by atoms with Crippen molar-refractivity contribution in [2.45, 2.75) is 26.8 Å². The van der Waals surface area contributed by atoms with Gasteiger partial charge < -0.3 is 0 Å². The van der Waals surface area contributed by atoms with E-state index in [-0.39, 0.29) is 0 Å². The minimum absolute atomic E-state index is 0.380. The molecule has 1 aromatic carbocycles. The van der Waals surface area contributed by atoms with Gasteiger partial charge in [-0.1, -0.05) is 30.3 Å². The maximum absolute atomic E-state index is 4.46. The second-order valence-corrected chi connectivity index (χ2v) is 3.17.